The van der Waals surface area contributed by atoms with Gasteiger partial charge in [-0.1, -0.05) is 36.7 Å². The van der Waals surface area contributed by atoms with Crippen LogP contribution >= 0.6 is 11.6 Å². The van der Waals surface area contributed by atoms with E-state index < -0.39 is 6.04 Å². The lowest BCUT2D eigenvalue weighted by molar-refractivity contribution is 0.0745. The predicted octanol–water partition coefficient (Wildman–Crippen LogP) is 6.34. The van der Waals surface area contributed by atoms with Crippen LogP contribution in [0.2, 0.25) is 5.02 Å². The van der Waals surface area contributed by atoms with Crippen molar-refractivity contribution in [1.82, 2.24) is 15.1 Å². The summed E-state index contributed by atoms with van der Waals surface area (Å²) in [6.07, 6.45) is 1.47. The molecule has 2 heterocycles. The van der Waals surface area contributed by atoms with Gasteiger partial charge in [0.1, 0.15) is 22.9 Å². The standard InChI is InChI=1S/C31H32ClN3O5/c1-5-13-40-21-8-6-7-20(16-21)30-27-28(22-17-23(32)18(2)14-24(22)36)33-34-29(27)31(37)35(30)12-11-19-9-10-25(38-3)26(15-19)39-4/h6-10,14-17,30,36H,5,11-13H2,1-4H3,(H,33,34). The summed E-state index contributed by atoms with van der Waals surface area (Å²) in [6.45, 7) is 4.90. The third-order valence-electron chi connectivity index (χ3n) is 7.13. The molecule has 1 aromatic heterocycles. The number of ether oxygens (including phenoxy) is 3. The number of carbonyl (C=O) groups is 1. The first-order valence-electron chi connectivity index (χ1n) is 13.2. The normalized spacial score (nSPS) is 14.4. The molecule has 0 spiro atoms. The van der Waals surface area contributed by atoms with Gasteiger partial charge in [0.25, 0.3) is 5.91 Å². The van der Waals surface area contributed by atoms with Crippen LogP contribution in [0.25, 0.3) is 11.3 Å². The highest BCUT2D eigenvalue weighted by atomic mass is 35.5. The van der Waals surface area contributed by atoms with Crippen molar-refractivity contribution in [2.24, 2.45) is 0 Å². The maximum Gasteiger partial charge on any atom is 0.273 e. The monoisotopic (exact) mass is 561 g/mol. The largest absolute Gasteiger partial charge is 0.507 e. The van der Waals surface area contributed by atoms with Gasteiger partial charge in [0.2, 0.25) is 0 Å². The lowest BCUT2D eigenvalue weighted by atomic mass is 9.95. The molecular weight excluding hydrogens is 530 g/mol. The number of methoxy groups -OCH3 is 2. The summed E-state index contributed by atoms with van der Waals surface area (Å²) in [4.78, 5) is 15.7. The molecule has 1 aliphatic rings. The van der Waals surface area contributed by atoms with Gasteiger partial charge < -0.3 is 24.2 Å². The second-order valence-electron chi connectivity index (χ2n) is 9.74. The van der Waals surface area contributed by atoms with E-state index in [1.54, 1.807) is 26.4 Å². The molecule has 4 aromatic rings. The summed E-state index contributed by atoms with van der Waals surface area (Å²) in [6, 6.07) is 16.4. The van der Waals surface area contributed by atoms with Crippen molar-refractivity contribution in [3.8, 4) is 34.3 Å². The number of aromatic hydroxyl groups is 1. The van der Waals surface area contributed by atoms with Crippen LogP contribution in [0, 0.1) is 6.92 Å². The second-order valence-corrected chi connectivity index (χ2v) is 10.1. The number of phenolic OH excluding ortho intramolecular Hbond substituents is 1. The Labute approximate surface area is 238 Å². The lowest BCUT2D eigenvalue weighted by Gasteiger charge is -2.27. The molecular formula is C31H32ClN3O5. The second kappa shape index (κ2) is 11.5. The zero-order chi connectivity index (χ0) is 28.4. The highest BCUT2D eigenvalue weighted by molar-refractivity contribution is 6.31. The lowest BCUT2D eigenvalue weighted by Crippen LogP contribution is -2.31. The number of hydrogen-bond acceptors (Lipinski definition) is 6. The Kier molecular flexibility index (Phi) is 7.89. The van der Waals surface area contributed by atoms with Gasteiger partial charge in [0, 0.05) is 22.7 Å². The SMILES string of the molecule is CCCOc1cccc(C2c3c(-c4cc(Cl)c(C)cc4O)n[nH]c3C(=O)N2CCc2ccc(OC)c(OC)c2)c1. The van der Waals surface area contributed by atoms with E-state index in [1.165, 1.54) is 0 Å². The number of aromatic amines is 1. The number of benzene rings is 3. The van der Waals surface area contributed by atoms with Gasteiger partial charge in [-0.25, -0.2) is 0 Å². The van der Waals surface area contributed by atoms with Crippen molar-refractivity contribution in [1.29, 1.82) is 0 Å². The molecule has 1 atom stereocenters. The van der Waals surface area contributed by atoms with Crippen molar-refractivity contribution >= 4 is 17.5 Å². The molecule has 0 fully saturated rings. The number of amides is 1. The maximum absolute atomic E-state index is 13.8. The minimum Gasteiger partial charge on any atom is -0.507 e. The average molecular weight is 562 g/mol. The number of aryl methyl sites for hydroxylation is 1. The smallest absolute Gasteiger partial charge is 0.273 e. The van der Waals surface area contributed by atoms with Crippen molar-refractivity contribution < 1.29 is 24.1 Å². The van der Waals surface area contributed by atoms with Gasteiger partial charge in [0.05, 0.1) is 26.9 Å². The van der Waals surface area contributed by atoms with E-state index in [9.17, 15) is 9.90 Å². The van der Waals surface area contributed by atoms with Crippen molar-refractivity contribution in [2.45, 2.75) is 32.7 Å². The zero-order valence-corrected chi connectivity index (χ0v) is 23.7. The molecule has 2 N–H and O–H groups in total. The number of H-pyrrole nitrogens is 1. The average Bonchev–Trinajstić information content (AvgIpc) is 3.51. The molecule has 0 radical (unpaired) electrons. The Hall–Kier alpha value is -4.17. The summed E-state index contributed by atoms with van der Waals surface area (Å²) >= 11 is 6.44. The number of phenols is 1. The van der Waals surface area contributed by atoms with Crippen LogP contribution in [0.4, 0.5) is 0 Å². The highest BCUT2D eigenvalue weighted by Gasteiger charge is 2.42. The minimum absolute atomic E-state index is 0.0474. The first-order chi connectivity index (χ1) is 19.4. The van der Waals surface area contributed by atoms with Gasteiger partial charge in [0.15, 0.2) is 11.5 Å². The summed E-state index contributed by atoms with van der Waals surface area (Å²) < 4.78 is 16.8. The van der Waals surface area contributed by atoms with E-state index in [1.807, 2.05) is 54.3 Å². The highest BCUT2D eigenvalue weighted by Crippen LogP contribution is 2.46. The number of carbonyl (C=O) groups excluding carboxylic acids is 1. The fourth-order valence-electron chi connectivity index (χ4n) is 5.12. The van der Waals surface area contributed by atoms with E-state index in [0.717, 1.165) is 28.9 Å². The quantitative estimate of drug-likeness (QED) is 0.234. The third kappa shape index (κ3) is 5.07. The molecule has 40 heavy (non-hydrogen) atoms. The van der Waals surface area contributed by atoms with Crippen LogP contribution in [-0.2, 0) is 6.42 Å². The van der Waals surface area contributed by atoms with Crippen LogP contribution in [0.1, 0.15) is 52.1 Å². The van der Waals surface area contributed by atoms with Crippen molar-refractivity contribution in [2.75, 3.05) is 27.4 Å². The van der Waals surface area contributed by atoms with Crippen molar-refractivity contribution in [3.05, 3.63) is 87.6 Å². The fourth-order valence-corrected chi connectivity index (χ4v) is 5.28. The number of aromatic nitrogens is 2. The summed E-state index contributed by atoms with van der Waals surface area (Å²) in [7, 11) is 3.20. The molecule has 208 valence electrons. The Morgan fingerprint density at radius 2 is 1.88 bits per heavy atom. The van der Waals surface area contributed by atoms with Crippen LogP contribution in [0.3, 0.4) is 0 Å². The molecule has 3 aromatic carbocycles. The minimum atomic E-state index is -0.457. The molecule has 1 amide bonds. The van der Waals surface area contributed by atoms with Crippen LogP contribution in [0.5, 0.6) is 23.0 Å². The summed E-state index contributed by atoms with van der Waals surface area (Å²) in [5.74, 6) is 1.88. The predicted molar refractivity (Wildman–Crippen MR) is 154 cm³/mol. The number of fused-ring (bicyclic) bond motifs is 1. The van der Waals surface area contributed by atoms with Gasteiger partial charge in [-0.15, -0.1) is 0 Å². The molecule has 0 bridgehead atoms. The molecule has 1 unspecified atom stereocenters. The van der Waals surface area contributed by atoms with Crippen LogP contribution < -0.4 is 14.2 Å². The molecule has 1 aliphatic heterocycles. The molecule has 0 saturated carbocycles. The number of rotatable bonds is 10. The van der Waals surface area contributed by atoms with Gasteiger partial charge >= 0.3 is 0 Å². The van der Waals surface area contributed by atoms with Crippen LogP contribution in [-0.4, -0.2) is 53.5 Å². The molecule has 0 aliphatic carbocycles. The summed E-state index contributed by atoms with van der Waals surface area (Å²) in [5.41, 5.74) is 4.67. The topological polar surface area (TPSA) is 96.9 Å². The van der Waals surface area contributed by atoms with Gasteiger partial charge in [-0.05, 0) is 72.9 Å². The van der Waals surface area contributed by atoms with E-state index in [2.05, 4.69) is 17.1 Å². The Morgan fingerprint density at radius 3 is 2.62 bits per heavy atom. The fraction of sp³-hybridized carbons (Fsp3) is 0.290. The van der Waals surface area contributed by atoms with E-state index >= 15 is 0 Å². The third-order valence-corrected chi connectivity index (χ3v) is 7.54. The molecule has 5 rings (SSSR count). The van der Waals surface area contributed by atoms with Gasteiger partial charge in [-0.3, -0.25) is 9.89 Å². The summed E-state index contributed by atoms with van der Waals surface area (Å²) in [5, 5.41) is 18.8. The van der Waals surface area contributed by atoms with E-state index in [0.29, 0.717) is 58.6 Å². The first-order valence-corrected chi connectivity index (χ1v) is 13.6. The Bertz CT molecular complexity index is 1550. The zero-order valence-electron chi connectivity index (χ0n) is 23.0. The Balaban J connectivity index is 1.57. The molecule has 9 heteroatoms. The molecule has 0 saturated heterocycles. The maximum atomic E-state index is 13.8. The van der Waals surface area contributed by atoms with Gasteiger partial charge in [-0.2, -0.15) is 5.10 Å². The van der Waals surface area contributed by atoms with Crippen molar-refractivity contribution in [3.63, 3.8) is 0 Å². The number of halogens is 1. The first kappa shape index (κ1) is 27.4. The van der Waals surface area contributed by atoms with E-state index in [-0.39, 0.29) is 11.7 Å². The Morgan fingerprint density at radius 1 is 1.07 bits per heavy atom. The molecule has 8 nitrogen and oxygen atoms in total. The van der Waals surface area contributed by atoms with Crippen LogP contribution in [0.15, 0.2) is 54.6 Å². The van der Waals surface area contributed by atoms with E-state index in [4.69, 9.17) is 25.8 Å². The number of nitrogens with one attached hydrogen (secondary N) is 1. The number of hydrogen-bond donors (Lipinski definition) is 2. The number of nitrogens with zero attached hydrogens (tertiary/aromatic N) is 2.